The molecule has 0 spiro atoms. The van der Waals surface area contributed by atoms with Gasteiger partial charge >= 0.3 is 0 Å². The first-order valence-electron chi connectivity index (χ1n) is 5.80. The van der Waals surface area contributed by atoms with Crippen molar-refractivity contribution in [3.63, 3.8) is 0 Å². The summed E-state index contributed by atoms with van der Waals surface area (Å²) >= 11 is 1.58. The Labute approximate surface area is 116 Å². The second-order valence-electron chi connectivity index (χ2n) is 4.19. The SMILES string of the molecule is Cc1cc(C(N)=O)ccc1CSc1ncccc1N. The number of carbonyl (C=O) groups is 1. The summed E-state index contributed by atoms with van der Waals surface area (Å²) in [4.78, 5) is 15.3. The smallest absolute Gasteiger partial charge is 0.248 e. The predicted molar refractivity (Wildman–Crippen MR) is 77.9 cm³/mol. The van der Waals surface area contributed by atoms with Crippen LogP contribution in [0.4, 0.5) is 5.69 Å². The number of primary amides is 1. The minimum absolute atomic E-state index is 0.406. The fourth-order valence-corrected chi connectivity index (χ4v) is 2.67. The lowest BCUT2D eigenvalue weighted by atomic mass is 10.1. The molecule has 1 aromatic carbocycles. The largest absolute Gasteiger partial charge is 0.397 e. The molecule has 1 aromatic heterocycles. The number of amides is 1. The summed E-state index contributed by atoms with van der Waals surface area (Å²) in [6.07, 6.45) is 1.72. The van der Waals surface area contributed by atoms with Crippen molar-refractivity contribution in [3.05, 3.63) is 53.2 Å². The van der Waals surface area contributed by atoms with Gasteiger partial charge in [-0.15, -0.1) is 0 Å². The van der Waals surface area contributed by atoms with Gasteiger partial charge in [-0.25, -0.2) is 4.98 Å². The highest BCUT2D eigenvalue weighted by molar-refractivity contribution is 7.98. The van der Waals surface area contributed by atoms with E-state index in [1.54, 1.807) is 30.1 Å². The maximum absolute atomic E-state index is 11.1. The predicted octanol–water partition coefficient (Wildman–Crippen LogP) is 2.36. The Kier molecular flexibility index (Phi) is 4.06. The highest BCUT2D eigenvalue weighted by Crippen LogP contribution is 2.26. The number of hydrogen-bond acceptors (Lipinski definition) is 4. The summed E-state index contributed by atoms with van der Waals surface area (Å²) in [5.41, 5.74) is 14.5. The highest BCUT2D eigenvalue weighted by Gasteiger charge is 2.06. The third kappa shape index (κ3) is 3.26. The first-order valence-corrected chi connectivity index (χ1v) is 6.79. The van der Waals surface area contributed by atoms with E-state index < -0.39 is 5.91 Å². The van der Waals surface area contributed by atoms with Crippen LogP contribution in [0.25, 0.3) is 0 Å². The zero-order chi connectivity index (χ0) is 13.8. The molecule has 0 radical (unpaired) electrons. The minimum Gasteiger partial charge on any atom is -0.397 e. The minimum atomic E-state index is -0.406. The van der Waals surface area contributed by atoms with Crippen molar-refractivity contribution in [1.29, 1.82) is 0 Å². The van der Waals surface area contributed by atoms with Crippen LogP contribution in [0.15, 0.2) is 41.6 Å². The van der Waals surface area contributed by atoms with Crippen LogP contribution < -0.4 is 11.5 Å². The third-order valence-corrected chi connectivity index (χ3v) is 3.86. The molecular formula is C14H15N3OS. The number of rotatable bonds is 4. The van der Waals surface area contributed by atoms with E-state index in [9.17, 15) is 4.79 Å². The van der Waals surface area contributed by atoms with Crippen LogP contribution >= 0.6 is 11.8 Å². The number of nitrogens with two attached hydrogens (primary N) is 2. The van der Waals surface area contributed by atoms with E-state index >= 15 is 0 Å². The quantitative estimate of drug-likeness (QED) is 0.838. The van der Waals surface area contributed by atoms with E-state index in [2.05, 4.69) is 4.98 Å². The molecule has 0 unspecified atom stereocenters. The van der Waals surface area contributed by atoms with Crippen molar-refractivity contribution in [2.75, 3.05) is 5.73 Å². The van der Waals surface area contributed by atoms with Gasteiger partial charge in [0.05, 0.1) is 5.69 Å². The Morgan fingerprint density at radius 2 is 2.16 bits per heavy atom. The van der Waals surface area contributed by atoms with E-state index in [-0.39, 0.29) is 0 Å². The first kappa shape index (κ1) is 13.4. The van der Waals surface area contributed by atoms with Crippen LogP contribution in [0, 0.1) is 6.92 Å². The van der Waals surface area contributed by atoms with Crippen molar-refractivity contribution in [2.45, 2.75) is 17.7 Å². The molecule has 0 aliphatic carbocycles. The van der Waals surface area contributed by atoms with Crippen LogP contribution in [0.3, 0.4) is 0 Å². The van der Waals surface area contributed by atoms with Crippen LogP contribution in [0.5, 0.6) is 0 Å². The summed E-state index contributed by atoms with van der Waals surface area (Å²) in [6.45, 7) is 1.96. The molecule has 19 heavy (non-hydrogen) atoms. The lowest BCUT2D eigenvalue weighted by molar-refractivity contribution is 0.1000. The average molecular weight is 273 g/mol. The van der Waals surface area contributed by atoms with Gasteiger partial charge in [-0.2, -0.15) is 0 Å². The van der Waals surface area contributed by atoms with E-state index in [0.29, 0.717) is 11.3 Å². The maximum atomic E-state index is 11.1. The Balaban J connectivity index is 2.12. The van der Waals surface area contributed by atoms with Crippen LogP contribution in [-0.4, -0.2) is 10.9 Å². The number of nitrogen functional groups attached to an aromatic ring is 1. The number of aromatic nitrogens is 1. The second-order valence-corrected chi connectivity index (χ2v) is 5.16. The van der Waals surface area contributed by atoms with E-state index in [4.69, 9.17) is 11.5 Å². The molecule has 0 bridgehead atoms. The molecule has 1 heterocycles. The fraction of sp³-hybridized carbons (Fsp3) is 0.143. The topological polar surface area (TPSA) is 82.0 Å². The molecule has 0 saturated heterocycles. The number of pyridine rings is 1. The number of carbonyl (C=O) groups excluding carboxylic acids is 1. The third-order valence-electron chi connectivity index (χ3n) is 2.79. The van der Waals surface area contributed by atoms with Gasteiger partial charge in [-0.05, 0) is 42.3 Å². The zero-order valence-electron chi connectivity index (χ0n) is 10.6. The second kappa shape index (κ2) is 5.75. The van der Waals surface area contributed by atoms with Crippen LogP contribution in [0.2, 0.25) is 0 Å². The number of benzene rings is 1. The molecule has 4 nitrogen and oxygen atoms in total. The molecule has 2 aromatic rings. The molecule has 2 rings (SSSR count). The number of aryl methyl sites for hydroxylation is 1. The maximum Gasteiger partial charge on any atom is 0.248 e. The number of hydrogen-bond donors (Lipinski definition) is 2. The van der Waals surface area contributed by atoms with Gasteiger partial charge in [-0.3, -0.25) is 4.79 Å². The van der Waals surface area contributed by atoms with E-state index in [0.717, 1.165) is 21.9 Å². The molecule has 4 N–H and O–H groups in total. The zero-order valence-corrected chi connectivity index (χ0v) is 11.4. The van der Waals surface area contributed by atoms with Gasteiger partial charge in [0.25, 0.3) is 0 Å². The lowest BCUT2D eigenvalue weighted by Gasteiger charge is -2.08. The molecule has 0 fully saturated rings. The normalized spacial score (nSPS) is 10.4. The van der Waals surface area contributed by atoms with Gasteiger partial charge < -0.3 is 11.5 Å². The number of thioether (sulfide) groups is 1. The Morgan fingerprint density at radius 3 is 2.79 bits per heavy atom. The van der Waals surface area contributed by atoms with Crippen molar-refractivity contribution >= 4 is 23.4 Å². The highest BCUT2D eigenvalue weighted by atomic mass is 32.2. The molecule has 0 atom stereocenters. The molecule has 0 aliphatic heterocycles. The first-order chi connectivity index (χ1) is 9.08. The van der Waals surface area contributed by atoms with Gasteiger partial charge in [0.2, 0.25) is 5.91 Å². The van der Waals surface area contributed by atoms with E-state index in [1.165, 1.54) is 0 Å². The lowest BCUT2D eigenvalue weighted by Crippen LogP contribution is -2.11. The van der Waals surface area contributed by atoms with Crippen molar-refractivity contribution in [2.24, 2.45) is 5.73 Å². The summed E-state index contributed by atoms with van der Waals surface area (Å²) in [5.74, 6) is 0.350. The summed E-state index contributed by atoms with van der Waals surface area (Å²) < 4.78 is 0. The molecule has 98 valence electrons. The molecule has 5 heteroatoms. The number of anilines is 1. The average Bonchev–Trinajstić information content (AvgIpc) is 2.39. The Bertz CT molecular complexity index is 613. The fourth-order valence-electron chi connectivity index (χ4n) is 1.68. The monoisotopic (exact) mass is 273 g/mol. The van der Waals surface area contributed by atoms with Crippen molar-refractivity contribution in [1.82, 2.24) is 4.98 Å². The Morgan fingerprint density at radius 1 is 1.37 bits per heavy atom. The molecule has 0 aliphatic rings. The van der Waals surface area contributed by atoms with Gasteiger partial charge in [0, 0.05) is 17.5 Å². The summed E-state index contributed by atoms with van der Waals surface area (Å²) in [6, 6.07) is 9.11. The van der Waals surface area contributed by atoms with Crippen LogP contribution in [-0.2, 0) is 5.75 Å². The molecule has 0 saturated carbocycles. The van der Waals surface area contributed by atoms with Crippen LogP contribution in [0.1, 0.15) is 21.5 Å². The van der Waals surface area contributed by atoms with Crippen molar-refractivity contribution < 1.29 is 4.79 Å². The van der Waals surface area contributed by atoms with Gasteiger partial charge in [0.15, 0.2) is 0 Å². The van der Waals surface area contributed by atoms with E-state index in [1.807, 2.05) is 25.1 Å². The Hall–Kier alpha value is -2.01. The summed E-state index contributed by atoms with van der Waals surface area (Å²) in [5, 5.41) is 0.820. The standard InChI is InChI=1S/C14H15N3OS/c1-9-7-10(13(16)18)4-5-11(9)8-19-14-12(15)3-2-6-17-14/h2-7H,8,15H2,1H3,(H2,16,18). The van der Waals surface area contributed by atoms with Gasteiger partial charge in [0.1, 0.15) is 5.03 Å². The number of nitrogens with zero attached hydrogens (tertiary/aromatic N) is 1. The summed E-state index contributed by atoms with van der Waals surface area (Å²) in [7, 11) is 0. The molecule has 1 amide bonds. The van der Waals surface area contributed by atoms with Gasteiger partial charge in [-0.1, -0.05) is 17.8 Å². The van der Waals surface area contributed by atoms with Crippen molar-refractivity contribution in [3.8, 4) is 0 Å². The molecular weight excluding hydrogens is 258 g/mol.